The predicted molar refractivity (Wildman–Crippen MR) is 192 cm³/mol. The van der Waals surface area contributed by atoms with Crippen molar-refractivity contribution < 1.29 is 63.0 Å². The molecule has 0 unspecified atom stereocenters. The summed E-state index contributed by atoms with van der Waals surface area (Å²) in [5, 5.41) is 63.1. The topological polar surface area (TPSA) is 188 Å². The molecule has 274 valence electrons. The monoisotopic (exact) mass is 716 g/mol. The molecular formula is C39H42NO12+. The molecule has 0 radical (unpaired) electrons. The average molecular weight is 717 g/mol. The number of hydrogen-bond acceptors (Lipinski definition) is 12. The second-order valence-electron chi connectivity index (χ2n) is 12.2. The third-order valence-corrected chi connectivity index (χ3v) is 9.00. The van der Waals surface area contributed by atoms with E-state index >= 15 is 0 Å². The number of allylic oxidation sites excluding steroid dienone is 8. The Bertz CT molecular complexity index is 2080. The van der Waals surface area contributed by atoms with Gasteiger partial charge in [-0.15, -0.1) is 0 Å². The molecule has 3 aliphatic heterocycles. The van der Waals surface area contributed by atoms with Crippen molar-refractivity contribution in [3.63, 3.8) is 0 Å². The average Bonchev–Trinajstić information content (AvgIpc) is 3.15. The zero-order valence-corrected chi connectivity index (χ0v) is 29.1. The molecule has 0 amide bonds. The highest BCUT2D eigenvalue weighted by atomic mass is 16.7. The quantitative estimate of drug-likeness (QED) is 0.131. The van der Waals surface area contributed by atoms with Crippen LogP contribution in [0.4, 0.5) is 0 Å². The highest BCUT2D eigenvalue weighted by Crippen LogP contribution is 2.49. The third kappa shape index (κ3) is 7.09. The number of rotatable bonds is 10. The molecule has 2 aromatic rings. The highest BCUT2D eigenvalue weighted by molar-refractivity contribution is 6.02. The van der Waals surface area contributed by atoms with Gasteiger partial charge in [0.25, 0.3) is 0 Å². The van der Waals surface area contributed by atoms with Crippen LogP contribution in [0.15, 0.2) is 87.3 Å². The second kappa shape index (κ2) is 15.5. The zero-order chi connectivity index (χ0) is 37.1. The second-order valence-corrected chi connectivity index (χ2v) is 12.2. The van der Waals surface area contributed by atoms with Crippen LogP contribution in [0.5, 0.6) is 28.7 Å². The summed E-state index contributed by atoms with van der Waals surface area (Å²) in [6.07, 6.45) is 7.62. The summed E-state index contributed by atoms with van der Waals surface area (Å²) >= 11 is 0. The lowest BCUT2D eigenvalue weighted by molar-refractivity contribution is -0.519. The Morgan fingerprint density at radius 2 is 1.42 bits per heavy atom. The number of phenolic OH excluding ortho intramolecular Hbond substituents is 2. The largest absolute Gasteiger partial charge is 0.508 e. The van der Waals surface area contributed by atoms with Crippen LogP contribution in [0.3, 0.4) is 0 Å². The number of nitrogens with zero attached hydrogens (tertiary/aromatic N) is 1. The maximum atomic E-state index is 10.9. The van der Waals surface area contributed by atoms with Crippen molar-refractivity contribution in [2.75, 3.05) is 33.9 Å². The van der Waals surface area contributed by atoms with Crippen LogP contribution in [0, 0.1) is 0 Å². The predicted octanol–water partition coefficient (Wildman–Crippen LogP) is 3.57. The minimum Gasteiger partial charge on any atom is -0.508 e. The van der Waals surface area contributed by atoms with Gasteiger partial charge in [0, 0.05) is 35.4 Å². The maximum Gasteiger partial charge on any atom is 0.229 e. The van der Waals surface area contributed by atoms with Crippen molar-refractivity contribution in [2.24, 2.45) is 0 Å². The van der Waals surface area contributed by atoms with Gasteiger partial charge in [-0.3, -0.25) is 0 Å². The number of phenols is 2. The fourth-order valence-corrected chi connectivity index (χ4v) is 6.23. The minimum atomic E-state index is -1.74. The standard InChI is InChI=1S/C39H41NO12/c1-5-40(6-2)23-13-11-21(12-14-23)9-7-8-10-25-19-26-32-27(49-25)17-24(42)18-28(32)50-37(22-15-29(47-3)33(43)30(16-22)48-4)38(26)52-39-36(46)35(45)34(44)31(20-41)51-39/h7-19,31,34-36,39,41,44-46H,5-6,20H2,1-4H3,(H,42,43)/p+1/t31-,34-,35+,36-,39+/m1/s1. The Hall–Kier alpha value is -5.31. The first-order valence-corrected chi connectivity index (χ1v) is 16.8. The summed E-state index contributed by atoms with van der Waals surface area (Å²) < 4.78 is 37.5. The van der Waals surface area contributed by atoms with E-state index in [1.807, 2.05) is 24.3 Å². The van der Waals surface area contributed by atoms with E-state index in [1.165, 1.54) is 38.5 Å². The SMILES string of the molecule is CC[N+](CC)=C1C=CC(=CC=CC=c2cc3c(O[C@@H]4O[C@H](CO)[C@@H](O)[C@H](O)[C@H]4O)c(-c4cc(OC)c(O)c(OC)c4)oc4cc(O)cc(o2)c4-3)C=C1. The number of ether oxygens (including phenoxy) is 4. The maximum absolute atomic E-state index is 10.9. The molecule has 13 heteroatoms. The summed E-state index contributed by atoms with van der Waals surface area (Å²) in [5.41, 5.74) is 4.00. The lowest BCUT2D eigenvalue weighted by Crippen LogP contribution is -2.60. The molecule has 6 N–H and O–H groups in total. The van der Waals surface area contributed by atoms with Gasteiger partial charge in [0.2, 0.25) is 12.0 Å². The Morgan fingerprint density at radius 1 is 0.788 bits per heavy atom. The summed E-state index contributed by atoms with van der Waals surface area (Å²) in [5.74, 6) is -0.291. The van der Waals surface area contributed by atoms with Crippen LogP contribution in [-0.2, 0) is 4.74 Å². The molecule has 3 heterocycles. The molecule has 1 aliphatic carbocycles. The van der Waals surface area contributed by atoms with Crippen molar-refractivity contribution in [1.82, 2.24) is 0 Å². The molecule has 5 atom stereocenters. The number of aliphatic hydroxyl groups excluding tert-OH is 4. The van der Waals surface area contributed by atoms with Crippen molar-refractivity contribution in [2.45, 2.75) is 44.6 Å². The molecule has 13 nitrogen and oxygen atoms in total. The van der Waals surface area contributed by atoms with E-state index < -0.39 is 37.3 Å². The van der Waals surface area contributed by atoms with Crippen molar-refractivity contribution in [1.29, 1.82) is 0 Å². The van der Waals surface area contributed by atoms with E-state index in [4.69, 9.17) is 27.8 Å². The van der Waals surface area contributed by atoms with Crippen LogP contribution in [0.1, 0.15) is 13.8 Å². The Morgan fingerprint density at radius 3 is 2.04 bits per heavy atom. The van der Waals surface area contributed by atoms with Gasteiger partial charge in [0.1, 0.15) is 59.8 Å². The van der Waals surface area contributed by atoms with Crippen molar-refractivity contribution >= 4 is 23.0 Å². The first kappa shape index (κ1) is 36.5. The van der Waals surface area contributed by atoms with E-state index in [9.17, 15) is 30.6 Å². The summed E-state index contributed by atoms with van der Waals surface area (Å²) in [6, 6.07) is 7.43. The van der Waals surface area contributed by atoms with Crippen molar-refractivity contribution in [3.8, 4) is 51.2 Å². The fourth-order valence-electron chi connectivity index (χ4n) is 6.23. The van der Waals surface area contributed by atoms with Gasteiger partial charge < -0.3 is 58.4 Å². The van der Waals surface area contributed by atoms with Crippen LogP contribution in [0.2, 0.25) is 0 Å². The summed E-state index contributed by atoms with van der Waals surface area (Å²) in [4.78, 5) is 0. The molecule has 0 bridgehead atoms. The van der Waals surface area contributed by atoms with E-state index in [2.05, 4.69) is 30.6 Å². The normalized spacial score (nSPS) is 22.2. The molecule has 0 saturated carbocycles. The molecule has 6 rings (SSSR count). The molecule has 0 aromatic heterocycles. The van der Waals surface area contributed by atoms with Gasteiger partial charge in [-0.2, -0.15) is 0 Å². The molecule has 1 saturated heterocycles. The fraction of sp³-hybridized carbons (Fsp3) is 0.308. The van der Waals surface area contributed by atoms with Gasteiger partial charge in [0.05, 0.1) is 26.4 Å². The lowest BCUT2D eigenvalue weighted by atomic mass is 9.97. The number of methoxy groups -OCH3 is 2. The Balaban J connectivity index is 1.52. The van der Waals surface area contributed by atoms with E-state index in [0.717, 1.165) is 24.4 Å². The number of aromatic hydroxyl groups is 2. The number of benzene rings is 2. The molecule has 4 aliphatic rings. The third-order valence-electron chi connectivity index (χ3n) is 9.00. The summed E-state index contributed by atoms with van der Waals surface area (Å²) in [6.45, 7) is 5.40. The van der Waals surface area contributed by atoms with Gasteiger partial charge in [-0.05, 0) is 55.8 Å². The smallest absolute Gasteiger partial charge is 0.229 e. The molecular weight excluding hydrogens is 674 g/mol. The molecule has 2 aromatic carbocycles. The van der Waals surface area contributed by atoms with Crippen molar-refractivity contribution in [3.05, 3.63) is 83.9 Å². The minimum absolute atomic E-state index is 0.00315. The van der Waals surface area contributed by atoms with Gasteiger partial charge in [-0.1, -0.05) is 18.2 Å². The van der Waals surface area contributed by atoms with E-state index in [1.54, 1.807) is 18.2 Å². The number of hydrogen-bond donors (Lipinski definition) is 6. The Labute approximate surface area is 299 Å². The van der Waals surface area contributed by atoms with Gasteiger partial charge in [0.15, 0.2) is 28.7 Å². The lowest BCUT2D eigenvalue weighted by Gasteiger charge is -2.40. The van der Waals surface area contributed by atoms with Crippen LogP contribution >= 0.6 is 0 Å². The molecule has 1 fully saturated rings. The summed E-state index contributed by atoms with van der Waals surface area (Å²) in [7, 11) is 2.73. The highest BCUT2D eigenvalue weighted by Gasteiger charge is 2.45. The van der Waals surface area contributed by atoms with Crippen LogP contribution in [0.25, 0.3) is 39.7 Å². The zero-order valence-electron chi connectivity index (χ0n) is 29.1. The Kier molecular flexibility index (Phi) is 10.9. The van der Waals surface area contributed by atoms with Gasteiger partial charge in [-0.25, -0.2) is 4.58 Å². The first-order chi connectivity index (χ1) is 25.1. The first-order valence-electron chi connectivity index (χ1n) is 16.8. The molecule has 52 heavy (non-hydrogen) atoms. The number of aliphatic hydroxyl groups is 4. The van der Waals surface area contributed by atoms with Crippen LogP contribution < -0.4 is 19.6 Å². The van der Waals surface area contributed by atoms with E-state index in [0.29, 0.717) is 22.1 Å². The van der Waals surface area contributed by atoms with Crippen LogP contribution in [-0.4, -0.2) is 106 Å². The molecule has 0 spiro atoms. The van der Waals surface area contributed by atoms with E-state index in [-0.39, 0.29) is 45.7 Å². The van der Waals surface area contributed by atoms with Gasteiger partial charge >= 0.3 is 0 Å².